The second kappa shape index (κ2) is 3.31. The van der Waals surface area contributed by atoms with Crippen molar-refractivity contribution in [1.82, 2.24) is 0 Å². The van der Waals surface area contributed by atoms with Crippen LogP contribution in [0, 0.1) is 11.3 Å². The van der Waals surface area contributed by atoms with E-state index in [0.29, 0.717) is 0 Å². The van der Waals surface area contributed by atoms with E-state index in [1.165, 1.54) is 6.92 Å². The molecule has 0 saturated heterocycles. The van der Waals surface area contributed by atoms with Crippen molar-refractivity contribution in [2.75, 3.05) is 0 Å². The Bertz CT molecular complexity index is 269. The molecule has 0 aromatic heterocycles. The number of hydrogen-bond acceptors (Lipinski definition) is 2. The van der Waals surface area contributed by atoms with E-state index in [9.17, 15) is 4.57 Å². The van der Waals surface area contributed by atoms with Gasteiger partial charge in [0.1, 0.15) is 5.28 Å². The topological polar surface area (TPSA) is 83.6 Å². The SMILES string of the molecule is CC1(C)CCC(C(C)(N)P(=O)(O)O)C1. The van der Waals surface area contributed by atoms with Crippen molar-refractivity contribution in [2.45, 2.75) is 45.3 Å². The molecule has 0 radical (unpaired) electrons. The molecule has 0 bridgehead atoms. The Hall–Kier alpha value is 0.110. The lowest BCUT2D eigenvalue weighted by molar-refractivity contribution is 0.268. The molecule has 0 aromatic rings. The predicted octanol–water partition coefficient (Wildman–Crippen LogP) is 1.67. The van der Waals surface area contributed by atoms with E-state index in [2.05, 4.69) is 13.8 Å². The molecule has 4 nitrogen and oxygen atoms in total. The maximum absolute atomic E-state index is 11.2. The minimum atomic E-state index is -4.20. The molecule has 0 aliphatic heterocycles. The quantitative estimate of drug-likeness (QED) is 0.619. The standard InChI is InChI=1S/C9H20NO3P/c1-8(2)5-4-7(6-8)9(3,10)14(11,12)13/h7H,4-6,10H2,1-3H3,(H2,11,12,13). The van der Waals surface area contributed by atoms with Crippen LogP contribution in [0.5, 0.6) is 0 Å². The first-order valence-electron chi connectivity index (χ1n) is 4.91. The zero-order valence-corrected chi connectivity index (χ0v) is 9.92. The van der Waals surface area contributed by atoms with E-state index in [0.717, 1.165) is 19.3 Å². The van der Waals surface area contributed by atoms with Crippen LogP contribution in [0.15, 0.2) is 0 Å². The molecule has 1 aliphatic rings. The summed E-state index contributed by atoms with van der Waals surface area (Å²) in [5, 5.41) is -1.36. The zero-order valence-electron chi connectivity index (χ0n) is 9.03. The summed E-state index contributed by atoms with van der Waals surface area (Å²) < 4.78 is 11.2. The van der Waals surface area contributed by atoms with Gasteiger partial charge in [0.2, 0.25) is 0 Å². The third kappa shape index (κ3) is 2.19. The van der Waals surface area contributed by atoms with Crippen LogP contribution in [0.25, 0.3) is 0 Å². The Balaban J connectivity index is 2.82. The zero-order chi connectivity index (χ0) is 11.2. The molecule has 2 atom stereocenters. The van der Waals surface area contributed by atoms with Gasteiger partial charge in [-0.3, -0.25) is 4.57 Å². The minimum Gasteiger partial charge on any atom is -0.323 e. The van der Waals surface area contributed by atoms with E-state index in [4.69, 9.17) is 15.5 Å². The molecular formula is C9H20NO3P. The van der Waals surface area contributed by atoms with E-state index in [1.807, 2.05) is 0 Å². The molecule has 0 aromatic carbocycles. The fourth-order valence-electron chi connectivity index (χ4n) is 2.17. The molecule has 1 saturated carbocycles. The summed E-state index contributed by atoms with van der Waals surface area (Å²) in [5.74, 6) is -0.0710. The van der Waals surface area contributed by atoms with Crippen molar-refractivity contribution in [1.29, 1.82) is 0 Å². The highest BCUT2D eigenvalue weighted by atomic mass is 31.2. The maximum atomic E-state index is 11.2. The maximum Gasteiger partial charge on any atom is 0.345 e. The molecule has 2 unspecified atom stereocenters. The van der Waals surface area contributed by atoms with E-state index < -0.39 is 12.9 Å². The molecular weight excluding hydrogens is 201 g/mol. The van der Waals surface area contributed by atoms with Gasteiger partial charge in [-0.25, -0.2) is 0 Å². The van der Waals surface area contributed by atoms with Gasteiger partial charge in [0, 0.05) is 0 Å². The largest absolute Gasteiger partial charge is 0.345 e. The Labute approximate surface area is 85.0 Å². The average molecular weight is 221 g/mol. The summed E-state index contributed by atoms with van der Waals surface area (Å²) in [6, 6.07) is 0. The van der Waals surface area contributed by atoms with Crippen molar-refractivity contribution in [2.24, 2.45) is 17.1 Å². The van der Waals surface area contributed by atoms with Gasteiger partial charge in [0.15, 0.2) is 0 Å². The van der Waals surface area contributed by atoms with Crippen LogP contribution in [-0.4, -0.2) is 15.1 Å². The minimum absolute atomic E-state index is 0.0710. The summed E-state index contributed by atoms with van der Waals surface area (Å²) in [4.78, 5) is 18.3. The van der Waals surface area contributed by atoms with Crippen molar-refractivity contribution < 1.29 is 14.4 Å². The highest BCUT2D eigenvalue weighted by molar-refractivity contribution is 7.53. The molecule has 1 rings (SSSR count). The third-order valence-electron chi connectivity index (χ3n) is 3.42. The second-order valence-corrected chi connectivity index (χ2v) is 7.43. The molecule has 14 heavy (non-hydrogen) atoms. The van der Waals surface area contributed by atoms with Gasteiger partial charge in [-0.05, 0) is 37.5 Å². The summed E-state index contributed by atoms with van der Waals surface area (Å²) in [6.45, 7) is 5.70. The summed E-state index contributed by atoms with van der Waals surface area (Å²) in [6.07, 6.45) is 2.60. The lowest BCUT2D eigenvalue weighted by atomic mass is 9.89. The fourth-order valence-corrected chi connectivity index (χ4v) is 2.87. The summed E-state index contributed by atoms with van der Waals surface area (Å²) >= 11 is 0. The molecule has 5 heteroatoms. The van der Waals surface area contributed by atoms with Crippen molar-refractivity contribution in [3.8, 4) is 0 Å². The van der Waals surface area contributed by atoms with Crippen LogP contribution >= 0.6 is 7.60 Å². The van der Waals surface area contributed by atoms with Crippen LogP contribution in [0.2, 0.25) is 0 Å². The van der Waals surface area contributed by atoms with Gasteiger partial charge < -0.3 is 15.5 Å². The molecule has 1 aliphatic carbocycles. The van der Waals surface area contributed by atoms with Crippen molar-refractivity contribution in [3.63, 3.8) is 0 Å². The van der Waals surface area contributed by atoms with Crippen LogP contribution in [-0.2, 0) is 4.57 Å². The summed E-state index contributed by atoms with van der Waals surface area (Å²) in [5.41, 5.74) is 5.92. The predicted molar refractivity (Wildman–Crippen MR) is 55.8 cm³/mol. The molecule has 84 valence electrons. The van der Waals surface area contributed by atoms with E-state index in [-0.39, 0.29) is 11.3 Å². The highest BCUT2D eigenvalue weighted by Gasteiger charge is 2.49. The molecule has 0 amide bonds. The first-order valence-corrected chi connectivity index (χ1v) is 6.52. The number of rotatable bonds is 2. The lowest BCUT2D eigenvalue weighted by Crippen LogP contribution is -2.43. The first kappa shape index (κ1) is 12.2. The number of hydrogen-bond donors (Lipinski definition) is 3. The molecule has 0 heterocycles. The highest BCUT2D eigenvalue weighted by Crippen LogP contribution is 2.57. The Kier molecular flexibility index (Phi) is 2.88. The second-order valence-electron chi connectivity index (χ2n) is 5.37. The Morgan fingerprint density at radius 1 is 1.50 bits per heavy atom. The molecule has 1 fully saturated rings. The van der Waals surface area contributed by atoms with Crippen LogP contribution in [0.3, 0.4) is 0 Å². The van der Waals surface area contributed by atoms with Crippen LogP contribution < -0.4 is 5.73 Å². The molecule has 0 spiro atoms. The van der Waals surface area contributed by atoms with Gasteiger partial charge in [-0.2, -0.15) is 0 Å². The number of nitrogens with two attached hydrogens (primary N) is 1. The van der Waals surface area contributed by atoms with Gasteiger partial charge in [-0.1, -0.05) is 13.8 Å². The fraction of sp³-hybridized carbons (Fsp3) is 1.00. The smallest absolute Gasteiger partial charge is 0.323 e. The normalized spacial score (nSPS) is 31.4. The van der Waals surface area contributed by atoms with Crippen molar-refractivity contribution >= 4 is 7.60 Å². The molecule has 4 N–H and O–H groups in total. The van der Waals surface area contributed by atoms with Gasteiger partial charge >= 0.3 is 7.60 Å². The van der Waals surface area contributed by atoms with Gasteiger partial charge in [0.25, 0.3) is 0 Å². The third-order valence-corrected chi connectivity index (χ3v) is 5.04. The Morgan fingerprint density at radius 2 is 2.00 bits per heavy atom. The monoisotopic (exact) mass is 221 g/mol. The van der Waals surface area contributed by atoms with Gasteiger partial charge in [0.05, 0.1) is 0 Å². The van der Waals surface area contributed by atoms with Crippen LogP contribution in [0.4, 0.5) is 0 Å². The Morgan fingerprint density at radius 3 is 2.29 bits per heavy atom. The average Bonchev–Trinajstić information content (AvgIpc) is 2.28. The van der Waals surface area contributed by atoms with Crippen molar-refractivity contribution in [3.05, 3.63) is 0 Å². The van der Waals surface area contributed by atoms with Gasteiger partial charge in [-0.15, -0.1) is 0 Å². The van der Waals surface area contributed by atoms with E-state index >= 15 is 0 Å². The summed E-state index contributed by atoms with van der Waals surface area (Å²) in [7, 11) is -4.20. The lowest BCUT2D eigenvalue weighted by Gasteiger charge is -2.32. The van der Waals surface area contributed by atoms with E-state index in [1.54, 1.807) is 0 Å². The van der Waals surface area contributed by atoms with Crippen LogP contribution in [0.1, 0.15) is 40.0 Å². The first-order chi connectivity index (χ1) is 6.06.